The van der Waals surface area contributed by atoms with Gasteiger partial charge in [0.1, 0.15) is 17.3 Å². The summed E-state index contributed by atoms with van der Waals surface area (Å²) >= 11 is 0. The Bertz CT molecular complexity index is 1250. The standard InChI is InChI=1S/C26H23FN2O3/c1-17-22(26(30)28-20-11-9-19(27)10-12-20)16-24(18-7-5-4-6-8-18)29(17)23-14-13-21(31-2)15-25(23)32-3/h4-16H,1-3H3,(H,28,30). The number of carbonyl (C=O) groups excluding carboxylic acids is 1. The topological polar surface area (TPSA) is 52.5 Å². The molecule has 0 saturated heterocycles. The molecular weight excluding hydrogens is 407 g/mol. The van der Waals surface area contributed by atoms with E-state index in [2.05, 4.69) is 5.32 Å². The first kappa shape index (κ1) is 21.2. The molecule has 32 heavy (non-hydrogen) atoms. The number of rotatable bonds is 6. The fraction of sp³-hybridized carbons (Fsp3) is 0.115. The van der Waals surface area contributed by atoms with Gasteiger partial charge >= 0.3 is 0 Å². The van der Waals surface area contributed by atoms with Gasteiger partial charge in [-0.2, -0.15) is 0 Å². The summed E-state index contributed by atoms with van der Waals surface area (Å²) in [5, 5.41) is 2.85. The SMILES string of the molecule is COc1ccc(-n2c(-c3ccccc3)cc(C(=O)Nc3ccc(F)cc3)c2C)c(OC)c1. The van der Waals surface area contributed by atoms with Crippen molar-refractivity contribution in [2.45, 2.75) is 6.92 Å². The second-order valence-corrected chi connectivity index (χ2v) is 7.23. The lowest BCUT2D eigenvalue weighted by Crippen LogP contribution is -2.13. The van der Waals surface area contributed by atoms with Crippen LogP contribution in [0.4, 0.5) is 10.1 Å². The Labute approximate surface area is 186 Å². The van der Waals surface area contributed by atoms with Crippen LogP contribution in [-0.2, 0) is 0 Å². The van der Waals surface area contributed by atoms with Crippen LogP contribution >= 0.6 is 0 Å². The number of nitrogens with one attached hydrogen (secondary N) is 1. The van der Waals surface area contributed by atoms with Crippen LogP contribution in [0.5, 0.6) is 11.5 Å². The van der Waals surface area contributed by atoms with E-state index in [0.29, 0.717) is 22.7 Å². The number of nitrogens with zero attached hydrogens (tertiary/aromatic N) is 1. The van der Waals surface area contributed by atoms with Crippen molar-refractivity contribution >= 4 is 11.6 Å². The molecule has 162 valence electrons. The van der Waals surface area contributed by atoms with Gasteiger partial charge in [0.05, 0.1) is 31.2 Å². The number of methoxy groups -OCH3 is 2. The maximum absolute atomic E-state index is 13.2. The van der Waals surface area contributed by atoms with Gasteiger partial charge in [0.25, 0.3) is 5.91 Å². The molecule has 3 aromatic carbocycles. The number of anilines is 1. The van der Waals surface area contributed by atoms with Crippen LogP contribution in [0.15, 0.2) is 78.9 Å². The number of ether oxygens (including phenoxy) is 2. The molecule has 0 unspecified atom stereocenters. The van der Waals surface area contributed by atoms with Gasteiger partial charge in [0.2, 0.25) is 0 Å². The lowest BCUT2D eigenvalue weighted by molar-refractivity contribution is 0.102. The fourth-order valence-corrected chi connectivity index (χ4v) is 3.67. The third-order valence-electron chi connectivity index (χ3n) is 5.29. The fourth-order valence-electron chi connectivity index (χ4n) is 3.67. The molecule has 1 N–H and O–H groups in total. The Morgan fingerprint density at radius 2 is 1.62 bits per heavy atom. The Morgan fingerprint density at radius 1 is 0.906 bits per heavy atom. The van der Waals surface area contributed by atoms with Gasteiger partial charge in [-0.3, -0.25) is 4.79 Å². The van der Waals surface area contributed by atoms with Crippen LogP contribution in [0.25, 0.3) is 16.9 Å². The van der Waals surface area contributed by atoms with Crippen LogP contribution in [0.1, 0.15) is 16.1 Å². The third kappa shape index (κ3) is 4.07. The highest BCUT2D eigenvalue weighted by Gasteiger charge is 2.22. The molecule has 1 amide bonds. The van der Waals surface area contributed by atoms with Crippen LogP contribution < -0.4 is 14.8 Å². The molecule has 0 spiro atoms. The van der Waals surface area contributed by atoms with E-state index in [1.807, 2.05) is 66.1 Å². The Hall–Kier alpha value is -4.06. The average molecular weight is 430 g/mol. The summed E-state index contributed by atoms with van der Waals surface area (Å²) in [4.78, 5) is 13.1. The molecule has 4 rings (SSSR count). The monoisotopic (exact) mass is 430 g/mol. The largest absolute Gasteiger partial charge is 0.497 e. The quantitative estimate of drug-likeness (QED) is 0.417. The first-order valence-corrected chi connectivity index (χ1v) is 10.1. The number of benzene rings is 3. The van der Waals surface area contributed by atoms with Crippen LogP contribution in [0, 0.1) is 12.7 Å². The highest BCUT2D eigenvalue weighted by Crippen LogP contribution is 2.35. The zero-order chi connectivity index (χ0) is 22.7. The predicted octanol–water partition coefficient (Wildman–Crippen LogP) is 5.86. The third-order valence-corrected chi connectivity index (χ3v) is 5.29. The van der Waals surface area contributed by atoms with E-state index >= 15 is 0 Å². The zero-order valence-corrected chi connectivity index (χ0v) is 18.1. The van der Waals surface area contributed by atoms with E-state index < -0.39 is 0 Å². The summed E-state index contributed by atoms with van der Waals surface area (Å²) in [7, 11) is 3.20. The van der Waals surface area contributed by atoms with Gasteiger partial charge in [0.15, 0.2) is 0 Å². The predicted molar refractivity (Wildman–Crippen MR) is 123 cm³/mol. The lowest BCUT2D eigenvalue weighted by Gasteiger charge is -2.16. The van der Waals surface area contributed by atoms with Crippen molar-refractivity contribution in [2.75, 3.05) is 19.5 Å². The number of hydrogen-bond donors (Lipinski definition) is 1. The normalized spacial score (nSPS) is 10.6. The molecule has 0 atom stereocenters. The van der Waals surface area contributed by atoms with E-state index in [9.17, 15) is 9.18 Å². The van der Waals surface area contributed by atoms with Crippen molar-refractivity contribution in [3.8, 4) is 28.4 Å². The molecule has 5 nitrogen and oxygen atoms in total. The maximum Gasteiger partial charge on any atom is 0.257 e. The molecule has 0 saturated carbocycles. The minimum Gasteiger partial charge on any atom is -0.497 e. The van der Waals surface area contributed by atoms with E-state index in [1.54, 1.807) is 14.2 Å². The van der Waals surface area contributed by atoms with Crippen molar-refractivity contribution in [1.29, 1.82) is 0 Å². The van der Waals surface area contributed by atoms with Crippen molar-refractivity contribution in [2.24, 2.45) is 0 Å². The summed E-state index contributed by atoms with van der Waals surface area (Å²) < 4.78 is 26.2. The van der Waals surface area contributed by atoms with E-state index in [4.69, 9.17) is 9.47 Å². The Morgan fingerprint density at radius 3 is 2.28 bits per heavy atom. The van der Waals surface area contributed by atoms with Gasteiger partial charge in [-0.1, -0.05) is 30.3 Å². The smallest absolute Gasteiger partial charge is 0.257 e. The Balaban J connectivity index is 1.85. The first-order chi connectivity index (χ1) is 15.5. The van der Waals surface area contributed by atoms with Crippen LogP contribution in [0.2, 0.25) is 0 Å². The summed E-state index contributed by atoms with van der Waals surface area (Å²) in [5.74, 6) is 0.650. The summed E-state index contributed by atoms with van der Waals surface area (Å²) in [6.45, 7) is 1.88. The van der Waals surface area contributed by atoms with Gasteiger partial charge in [0, 0.05) is 17.4 Å². The molecule has 0 aliphatic carbocycles. The summed E-state index contributed by atoms with van der Waals surface area (Å²) in [6.07, 6.45) is 0. The minimum absolute atomic E-state index is 0.280. The highest BCUT2D eigenvalue weighted by molar-refractivity contribution is 6.06. The van der Waals surface area contributed by atoms with Crippen LogP contribution in [0.3, 0.4) is 0 Å². The molecule has 4 aromatic rings. The number of amides is 1. The van der Waals surface area contributed by atoms with E-state index in [1.165, 1.54) is 24.3 Å². The number of hydrogen-bond acceptors (Lipinski definition) is 3. The molecule has 1 heterocycles. The van der Waals surface area contributed by atoms with Crippen LogP contribution in [-0.4, -0.2) is 24.7 Å². The van der Waals surface area contributed by atoms with E-state index in [0.717, 1.165) is 22.6 Å². The van der Waals surface area contributed by atoms with Crippen molar-refractivity contribution in [1.82, 2.24) is 4.57 Å². The Kier molecular flexibility index (Phi) is 5.94. The number of carbonyl (C=O) groups is 1. The maximum atomic E-state index is 13.2. The molecule has 0 bridgehead atoms. The van der Waals surface area contributed by atoms with Crippen molar-refractivity contribution in [3.63, 3.8) is 0 Å². The van der Waals surface area contributed by atoms with Gasteiger partial charge in [-0.05, 0) is 55.0 Å². The molecule has 0 aliphatic rings. The van der Waals surface area contributed by atoms with Gasteiger partial charge in [-0.25, -0.2) is 4.39 Å². The number of aromatic nitrogens is 1. The second kappa shape index (κ2) is 8.98. The van der Waals surface area contributed by atoms with Crippen molar-refractivity contribution in [3.05, 3.63) is 95.9 Å². The zero-order valence-electron chi connectivity index (χ0n) is 18.1. The first-order valence-electron chi connectivity index (χ1n) is 10.1. The molecule has 0 aliphatic heterocycles. The lowest BCUT2D eigenvalue weighted by atomic mass is 10.1. The molecular formula is C26H23FN2O3. The average Bonchev–Trinajstić information content (AvgIpc) is 3.17. The summed E-state index contributed by atoms with van der Waals surface area (Å²) in [5.41, 5.74) is 4.35. The minimum atomic E-state index is -0.358. The number of halogens is 1. The van der Waals surface area contributed by atoms with Gasteiger partial charge < -0.3 is 19.4 Å². The van der Waals surface area contributed by atoms with Gasteiger partial charge in [-0.15, -0.1) is 0 Å². The van der Waals surface area contributed by atoms with E-state index in [-0.39, 0.29) is 11.7 Å². The second-order valence-electron chi connectivity index (χ2n) is 7.23. The molecule has 0 fully saturated rings. The molecule has 0 radical (unpaired) electrons. The molecule has 6 heteroatoms. The summed E-state index contributed by atoms with van der Waals surface area (Å²) in [6, 6.07) is 22.9. The highest BCUT2D eigenvalue weighted by atomic mass is 19.1. The van der Waals surface area contributed by atoms with Crippen molar-refractivity contribution < 1.29 is 18.7 Å². The molecule has 1 aromatic heterocycles.